The summed E-state index contributed by atoms with van der Waals surface area (Å²) in [6, 6.07) is 2.95. The zero-order valence-electron chi connectivity index (χ0n) is 17.0. The molecule has 174 valence electrons. The Kier molecular flexibility index (Phi) is 5.88. The summed E-state index contributed by atoms with van der Waals surface area (Å²) >= 11 is 0. The molecule has 0 aliphatic rings. The van der Waals surface area contributed by atoms with Gasteiger partial charge in [-0.05, 0) is 12.1 Å². The number of fused-ring (bicyclic) bond motifs is 1. The quantitative estimate of drug-likeness (QED) is 0.272. The van der Waals surface area contributed by atoms with E-state index in [-0.39, 0.29) is 29.3 Å². The van der Waals surface area contributed by atoms with E-state index in [2.05, 4.69) is 30.4 Å². The van der Waals surface area contributed by atoms with Crippen molar-refractivity contribution in [3.05, 3.63) is 72.5 Å². The van der Waals surface area contributed by atoms with Gasteiger partial charge in [-0.25, -0.2) is 34.2 Å². The molecule has 4 N–H and O–H groups in total. The number of nitrogen functional groups attached to an aromatic ring is 1. The molecular formula is C20H14F5N9. The Morgan fingerprint density at radius 3 is 2.53 bits per heavy atom. The molecule has 0 unspecified atom stereocenters. The van der Waals surface area contributed by atoms with Gasteiger partial charge in [-0.15, -0.1) is 0 Å². The number of nitrogens with one attached hydrogen (secondary N) is 2. The minimum Gasteiger partial charge on any atom is -0.383 e. The SMILES string of the molecule is N=N/C(=C\Nc1ccc(F)cc1F)Cn1cc(-c2cnc(C(F)(F)F)nc2)c2c(N)ncnc21. The largest absolute Gasteiger partial charge is 0.451 e. The third-order valence-electron chi connectivity index (χ3n) is 4.70. The second-order valence-electron chi connectivity index (χ2n) is 6.94. The van der Waals surface area contributed by atoms with Crippen LogP contribution in [0, 0.1) is 17.2 Å². The van der Waals surface area contributed by atoms with Crippen molar-refractivity contribution in [3.8, 4) is 11.1 Å². The van der Waals surface area contributed by atoms with E-state index in [0.717, 1.165) is 18.5 Å². The first kappa shape index (κ1) is 22.7. The van der Waals surface area contributed by atoms with Crippen LogP contribution in [0.5, 0.6) is 0 Å². The fraction of sp³-hybridized carbons (Fsp3) is 0.100. The van der Waals surface area contributed by atoms with Crippen LogP contribution in [0.1, 0.15) is 5.82 Å². The molecule has 14 heteroatoms. The molecule has 0 fully saturated rings. The number of alkyl halides is 3. The molecule has 0 radical (unpaired) electrons. The highest BCUT2D eigenvalue weighted by Gasteiger charge is 2.34. The molecule has 3 aromatic heterocycles. The molecule has 0 saturated carbocycles. The molecule has 0 aliphatic heterocycles. The highest BCUT2D eigenvalue weighted by Crippen LogP contribution is 2.33. The molecule has 3 heterocycles. The lowest BCUT2D eigenvalue weighted by Gasteiger charge is -2.07. The Bertz CT molecular complexity index is 1390. The zero-order chi connectivity index (χ0) is 24.5. The highest BCUT2D eigenvalue weighted by atomic mass is 19.4. The molecular weight excluding hydrogens is 461 g/mol. The van der Waals surface area contributed by atoms with E-state index in [0.29, 0.717) is 22.7 Å². The fourth-order valence-electron chi connectivity index (χ4n) is 3.16. The molecule has 9 nitrogen and oxygen atoms in total. The number of halogens is 5. The van der Waals surface area contributed by atoms with Gasteiger partial charge in [0.05, 0.1) is 23.3 Å². The number of nitrogens with two attached hydrogens (primary N) is 1. The molecule has 0 atom stereocenters. The predicted octanol–water partition coefficient (Wildman–Crippen LogP) is 4.75. The lowest BCUT2D eigenvalue weighted by Crippen LogP contribution is -2.10. The van der Waals surface area contributed by atoms with Gasteiger partial charge in [-0.3, -0.25) is 0 Å². The number of hydrogen-bond donors (Lipinski definition) is 3. The first-order valence-corrected chi connectivity index (χ1v) is 9.44. The van der Waals surface area contributed by atoms with Crippen LogP contribution in [0.25, 0.3) is 22.2 Å². The summed E-state index contributed by atoms with van der Waals surface area (Å²) in [7, 11) is 0. The Labute approximate surface area is 187 Å². The van der Waals surface area contributed by atoms with Crippen LogP contribution in [-0.4, -0.2) is 24.5 Å². The molecule has 4 rings (SSSR count). The average molecular weight is 475 g/mol. The number of hydrogen-bond acceptors (Lipinski definition) is 8. The maximum Gasteiger partial charge on any atom is 0.451 e. The molecule has 0 bridgehead atoms. The van der Waals surface area contributed by atoms with Crippen LogP contribution in [0.15, 0.2) is 60.1 Å². The molecule has 0 amide bonds. The summed E-state index contributed by atoms with van der Waals surface area (Å²) in [6.45, 7) is -0.0479. The van der Waals surface area contributed by atoms with Crippen LogP contribution in [0.4, 0.5) is 33.5 Å². The third kappa shape index (κ3) is 4.51. The second-order valence-corrected chi connectivity index (χ2v) is 6.94. The van der Waals surface area contributed by atoms with Crippen molar-refractivity contribution in [1.82, 2.24) is 24.5 Å². The molecule has 34 heavy (non-hydrogen) atoms. The lowest BCUT2D eigenvalue weighted by molar-refractivity contribution is -0.144. The first-order chi connectivity index (χ1) is 16.2. The van der Waals surface area contributed by atoms with E-state index in [9.17, 15) is 22.0 Å². The van der Waals surface area contributed by atoms with Gasteiger partial charge in [-0.1, -0.05) is 0 Å². The number of allylic oxidation sites excluding steroid dienone is 1. The van der Waals surface area contributed by atoms with E-state index < -0.39 is 23.6 Å². The number of aromatic nitrogens is 5. The number of benzene rings is 1. The van der Waals surface area contributed by atoms with Crippen LogP contribution < -0.4 is 11.1 Å². The predicted molar refractivity (Wildman–Crippen MR) is 111 cm³/mol. The smallest absolute Gasteiger partial charge is 0.383 e. The Balaban J connectivity index is 1.70. The Hall–Kier alpha value is -4.49. The van der Waals surface area contributed by atoms with E-state index in [1.807, 2.05) is 0 Å². The molecule has 1 aromatic carbocycles. The van der Waals surface area contributed by atoms with E-state index in [1.54, 1.807) is 0 Å². The Morgan fingerprint density at radius 2 is 1.88 bits per heavy atom. The van der Waals surface area contributed by atoms with Crippen molar-refractivity contribution < 1.29 is 22.0 Å². The summed E-state index contributed by atoms with van der Waals surface area (Å²) < 4.78 is 66.9. The van der Waals surface area contributed by atoms with Crippen molar-refractivity contribution in [3.63, 3.8) is 0 Å². The van der Waals surface area contributed by atoms with Crippen molar-refractivity contribution in [2.45, 2.75) is 12.7 Å². The summed E-state index contributed by atoms with van der Waals surface area (Å²) in [5, 5.41) is 6.36. The minimum atomic E-state index is -4.69. The Morgan fingerprint density at radius 1 is 1.15 bits per heavy atom. The topological polar surface area (TPSA) is 131 Å². The van der Waals surface area contributed by atoms with Gasteiger partial charge in [-0.2, -0.15) is 18.3 Å². The molecule has 0 aliphatic carbocycles. The van der Waals surface area contributed by atoms with E-state index >= 15 is 0 Å². The molecule has 0 spiro atoms. The van der Waals surface area contributed by atoms with Crippen LogP contribution >= 0.6 is 0 Å². The third-order valence-corrected chi connectivity index (χ3v) is 4.70. The maximum absolute atomic E-state index is 13.9. The number of anilines is 2. The van der Waals surface area contributed by atoms with Crippen LogP contribution in [0.2, 0.25) is 0 Å². The zero-order valence-corrected chi connectivity index (χ0v) is 17.0. The number of nitrogens with zero attached hydrogens (tertiary/aromatic N) is 6. The molecule has 0 saturated heterocycles. The van der Waals surface area contributed by atoms with E-state index in [4.69, 9.17) is 11.3 Å². The van der Waals surface area contributed by atoms with Crippen molar-refractivity contribution in [2.24, 2.45) is 5.11 Å². The highest BCUT2D eigenvalue weighted by molar-refractivity contribution is 6.00. The normalized spacial score (nSPS) is 12.2. The van der Waals surface area contributed by atoms with Crippen molar-refractivity contribution in [1.29, 1.82) is 5.53 Å². The summed E-state index contributed by atoms with van der Waals surface area (Å²) in [5.41, 5.74) is 14.4. The fourth-order valence-corrected chi connectivity index (χ4v) is 3.16. The maximum atomic E-state index is 13.9. The van der Waals surface area contributed by atoms with Crippen molar-refractivity contribution in [2.75, 3.05) is 11.1 Å². The van der Waals surface area contributed by atoms with Gasteiger partial charge in [0.1, 0.15) is 29.4 Å². The average Bonchev–Trinajstić information content (AvgIpc) is 3.16. The van der Waals surface area contributed by atoms with Gasteiger partial charge in [0.2, 0.25) is 5.82 Å². The van der Waals surface area contributed by atoms with Crippen molar-refractivity contribution >= 4 is 22.5 Å². The summed E-state index contributed by atoms with van der Waals surface area (Å²) in [5.74, 6) is -2.80. The van der Waals surface area contributed by atoms with Crippen LogP contribution in [-0.2, 0) is 12.7 Å². The standard InChI is InChI=1S/C20H14F5N9/c21-11-1-2-15(14(22)3-11)28-6-12(33-27)7-34-8-13(16-17(26)31-9-32-18(16)34)10-4-29-19(30-5-10)20(23,24)25/h1-6,8-9,27-28H,7H2,(H2,26,31,32)/b12-6-,33-27?. The van der Waals surface area contributed by atoms with E-state index in [1.165, 1.54) is 29.4 Å². The minimum absolute atomic E-state index is 0.0333. The molecule has 4 aromatic rings. The first-order valence-electron chi connectivity index (χ1n) is 9.44. The summed E-state index contributed by atoms with van der Waals surface area (Å²) in [6.07, 6.45) is 1.30. The van der Waals surface area contributed by atoms with Gasteiger partial charge in [0.15, 0.2) is 0 Å². The van der Waals surface area contributed by atoms with Gasteiger partial charge >= 0.3 is 6.18 Å². The monoisotopic (exact) mass is 475 g/mol. The lowest BCUT2D eigenvalue weighted by atomic mass is 10.1. The second kappa shape index (κ2) is 8.80. The van der Waals surface area contributed by atoms with Gasteiger partial charge < -0.3 is 15.6 Å². The van der Waals surface area contributed by atoms with Crippen LogP contribution in [0.3, 0.4) is 0 Å². The van der Waals surface area contributed by atoms with Gasteiger partial charge in [0, 0.05) is 42.0 Å². The summed E-state index contributed by atoms with van der Waals surface area (Å²) in [4.78, 5) is 14.8. The number of rotatable bonds is 6. The van der Waals surface area contributed by atoms with Gasteiger partial charge in [0.25, 0.3) is 0 Å².